The molecular weight excluding hydrogens is 629 g/mol. The van der Waals surface area contributed by atoms with Crippen molar-refractivity contribution in [1.82, 2.24) is 15.1 Å². The molecule has 4 amide bonds. The Hall–Kier alpha value is -4.29. The number of ether oxygens (including phenoxy) is 2. The Morgan fingerprint density at radius 2 is 1.83 bits per heavy atom. The first-order valence-electron chi connectivity index (χ1n) is 16.3. The molecule has 1 saturated heterocycles. The van der Waals surface area contributed by atoms with Crippen molar-refractivity contribution in [3.05, 3.63) is 59.2 Å². The number of nitrogens with zero attached hydrogens (tertiary/aromatic N) is 3. The second kappa shape index (κ2) is 14.1. The van der Waals surface area contributed by atoms with Gasteiger partial charge in [-0.05, 0) is 84.7 Å². The lowest BCUT2D eigenvalue weighted by Gasteiger charge is -2.42. The second-order valence-corrected chi connectivity index (χ2v) is 13.6. The molecule has 0 radical (unpaired) electrons. The number of hydrogen-bond acceptors (Lipinski definition) is 6. The Kier molecular flexibility index (Phi) is 10.7. The quantitative estimate of drug-likeness (QED) is 0.362. The first-order chi connectivity index (χ1) is 22.4. The van der Waals surface area contributed by atoms with Gasteiger partial charge in [-0.25, -0.2) is 4.79 Å². The van der Waals surface area contributed by atoms with E-state index in [0.29, 0.717) is 25.9 Å². The van der Waals surface area contributed by atoms with Crippen LogP contribution in [0.5, 0.6) is 5.75 Å². The van der Waals surface area contributed by atoms with Gasteiger partial charge in [-0.3, -0.25) is 14.4 Å². The van der Waals surface area contributed by atoms with Crippen molar-refractivity contribution >= 4 is 29.5 Å². The molecule has 0 aromatic heterocycles. The Labute approximate surface area is 279 Å². The van der Waals surface area contributed by atoms with Crippen LogP contribution in [0.15, 0.2) is 42.5 Å². The van der Waals surface area contributed by atoms with Gasteiger partial charge in [-0.1, -0.05) is 19.1 Å². The van der Waals surface area contributed by atoms with Crippen LogP contribution in [-0.4, -0.2) is 77.5 Å². The van der Waals surface area contributed by atoms with Gasteiger partial charge in [-0.2, -0.15) is 13.2 Å². The highest BCUT2D eigenvalue weighted by molar-refractivity contribution is 6.05. The third kappa shape index (κ3) is 8.04. The van der Waals surface area contributed by atoms with Crippen molar-refractivity contribution in [3.63, 3.8) is 0 Å². The number of carbonyl (C=O) groups is 4. The molecule has 2 aliphatic heterocycles. The van der Waals surface area contributed by atoms with E-state index in [9.17, 15) is 32.3 Å². The summed E-state index contributed by atoms with van der Waals surface area (Å²) < 4.78 is 52.6. The Balaban J connectivity index is 1.69. The zero-order valence-electron chi connectivity index (χ0n) is 28.6. The number of rotatable bonds is 8. The van der Waals surface area contributed by atoms with E-state index in [0.717, 1.165) is 12.1 Å². The maximum absolute atomic E-state index is 14.2. The minimum atomic E-state index is -4.63. The molecule has 10 nitrogen and oxygen atoms in total. The van der Waals surface area contributed by atoms with Crippen LogP contribution >= 0.6 is 0 Å². The zero-order chi connectivity index (χ0) is 35.6. The molecule has 1 fully saturated rings. The predicted octanol–water partition coefficient (Wildman–Crippen LogP) is 6.12. The number of alkyl halides is 3. The molecule has 0 bridgehead atoms. The van der Waals surface area contributed by atoms with E-state index in [-0.39, 0.29) is 66.0 Å². The first-order valence-corrected chi connectivity index (χ1v) is 16.3. The summed E-state index contributed by atoms with van der Waals surface area (Å²) in [6.07, 6.45) is -3.49. The second-order valence-electron chi connectivity index (χ2n) is 13.6. The number of nitrogens with one attached hydrogen (secondary N) is 1. The molecule has 2 aliphatic rings. The molecule has 48 heavy (non-hydrogen) atoms. The fourth-order valence-corrected chi connectivity index (χ4v) is 6.05. The summed E-state index contributed by atoms with van der Waals surface area (Å²) in [6, 6.07) is 8.53. The van der Waals surface area contributed by atoms with Crippen LogP contribution in [0.25, 0.3) is 0 Å². The molecule has 13 heteroatoms. The van der Waals surface area contributed by atoms with Crippen LogP contribution in [-0.2, 0) is 26.1 Å². The van der Waals surface area contributed by atoms with Gasteiger partial charge in [0.15, 0.2) is 0 Å². The summed E-state index contributed by atoms with van der Waals surface area (Å²) in [6.45, 7) is 13.1. The average Bonchev–Trinajstić information content (AvgIpc) is 3.01. The number of piperidine rings is 1. The smallest absolute Gasteiger partial charge is 0.416 e. The minimum absolute atomic E-state index is 0.00791. The SMILES string of the molecule is CCC(=O)NCCN1C(=O)C(C)(c2cccc(C(F)(F)F)c2)Oc2ccc(C(=O)N(C(C)C)[C@@H]3CCCN(C(=O)OC(C)(C)C)C3)cc21. The van der Waals surface area contributed by atoms with Gasteiger partial charge in [0.2, 0.25) is 11.5 Å². The van der Waals surface area contributed by atoms with Crippen LogP contribution in [0.1, 0.15) is 89.2 Å². The van der Waals surface area contributed by atoms with Gasteiger partial charge >= 0.3 is 12.3 Å². The maximum atomic E-state index is 14.2. The molecule has 262 valence electrons. The molecule has 4 rings (SSSR count). The van der Waals surface area contributed by atoms with Crippen LogP contribution in [0.3, 0.4) is 0 Å². The van der Waals surface area contributed by atoms with Crippen LogP contribution in [0.4, 0.5) is 23.7 Å². The van der Waals surface area contributed by atoms with Crippen molar-refractivity contribution in [1.29, 1.82) is 0 Å². The summed E-state index contributed by atoms with van der Waals surface area (Å²) in [4.78, 5) is 57.9. The summed E-state index contributed by atoms with van der Waals surface area (Å²) in [7, 11) is 0. The van der Waals surface area contributed by atoms with Crippen molar-refractivity contribution in [2.75, 3.05) is 31.1 Å². The van der Waals surface area contributed by atoms with E-state index in [1.165, 1.54) is 36.1 Å². The molecule has 1 unspecified atom stereocenters. The number of fused-ring (bicyclic) bond motifs is 1. The minimum Gasteiger partial charge on any atom is -0.471 e. The van der Waals surface area contributed by atoms with Gasteiger partial charge in [0, 0.05) is 49.8 Å². The molecule has 2 heterocycles. The Bertz CT molecular complexity index is 1540. The summed E-state index contributed by atoms with van der Waals surface area (Å²) in [5, 5.41) is 2.73. The summed E-state index contributed by atoms with van der Waals surface area (Å²) in [5.74, 6) is -1.01. The van der Waals surface area contributed by atoms with Crippen molar-refractivity contribution in [2.45, 2.75) is 97.2 Å². The number of carbonyl (C=O) groups excluding carboxylic acids is 4. The van der Waals surface area contributed by atoms with E-state index in [1.807, 2.05) is 13.8 Å². The highest BCUT2D eigenvalue weighted by Crippen LogP contribution is 2.44. The lowest BCUT2D eigenvalue weighted by Crippen LogP contribution is -2.55. The molecule has 0 saturated carbocycles. The lowest BCUT2D eigenvalue weighted by molar-refractivity contribution is -0.139. The van der Waals surface area contributed by atoms with E-state index >= 15 is 0 Å². The summed E-state index contributed by atoms with van der Waals surface area (Å²) in [5.41, 5.74) is -2.89. The third-order valence-electron chi connectivity index (χ3n) is 8.42. The standard InChI is InChI=1S/C35H45F3N4O6/c1-8-29(43)39-16-18-41-27-19-23(30(44)42(22(2)3)26-13-10-17-40(21-26)32(46)48-33(4,5)6)14-15-28(27)47-34(7,31(41)45)24-11-9-12-25(20-24)35(36,37)38/h9,11-12,14-15,19-20,22,26H,8,10,13,16-18,21H2,1-7H3,(H,39,43)/t26-,34?/m1/s1. The van der Waals surface area contributed by atoms with Crippen LogP contribution < -0.4 is 15.0 Å². The number of benzene rings is 2. The Morgan fingerprint density at radius 3 is 2.46 bits per heavy atom. The van der Waals surface area contributed by atoms with E-state index < -0.39 is 34.9 Å². The normalized spacial score (nSPS) is 19.8. The average molecular weight is 675 g/mol. The topological polar surface area (TPSA) is 108 Å². The molecule has 0 aliphatic carbocycles. The molecule has 0 spiro atoms. The lowest BCUT2D eigenvalue weighted by atomic mass is 9.90. The van der Waals surface area contributed by atoms with Gasteiger partial charge in [0.25, 0.3) is 11.8 Å². The number of likely N-dealkylation sites (tertiary alicyclic amines) is 1. The van der Waals surface area contributed by atoms with E-state index in [2.05, 4.69) is 5.32 Å². The van der Waals surface area contributed by atoms with E-state index in [1.54, 1.807) is 43.6 Å². The van der Waals surface area contributed by atoms with Crippen molar-refractivity contribution in [2.24, 2.45) is 0 Å². The maximum Gasteiger partial charge on any atom is 0.416 e. The van der Waals surface area contributed by atoms with Gasteiger partial charge < -0.3 is 29.5 Å². The predicted molar refractivity (Wildman–Crippen MR) is 174 cm³/mol. The van der Waals surface area contributed by atoms with Crippen molar-refractivity contribution in [3.8, 4) is 5.75 Å². The molecule has 2 aromatic carbocycles. The zero-order valence-corrected chi connectivity index (χ0v) is 28.6. The van der Waals surface area contributed by atoms with Crippen LogP contribution in [0.2, 0.25) is 0 Å². The first kappa shape index (κ1) is 36.5. The molecule has 2 atom stereocenters. The monoisotopic (exact) mass is 674 g/mol. The number of hydrogen-bond donors (Lipinski definition) is 1. The number of anilines is 1. The van der Waals surface area contributed by atoms with Crippen LogP contribution in [0, 0.1) is 0 Å². The third-order valence-corrected chi connectivity index (χ3v) is 8.42. The van der Waals surface area contributed by atoms with Gasteiger partial charge in [0.1, 0.15) is 11.4 Å². The van der Waals surface area contributed by atoms with E-state index in [4.69, 9.17) is 9.47 Å². The summed E-state index contributed by atoms with van der Waals surface area (Å²) >= 11 is 0. The number of amides is 4. The van der Waals surface area contributed by atoms with Gasteiger partial charge in [-0.15, -0.1) is 0 Å². The fourth-order valence-electron chi connectivity index (χ4n) is 6.05. The van der Waals surface area contributed by atoms with Crippen molar-refractivity contribution < 1.29 is 41.8 Å². The molecule has 1 N–H and O–H groups in total. The number of halogens is 3. The molecular formula is C35H45F3N4O6. The highest BCUT2D eigenvalue weighted by Gasteiger charge is 2.47. The Morgan fingerprint density at radius 1 is 1.12 bits per heavy atom. The highest BCUT2D eigenvalue weighted by atomic mass is 19.4. The van der Waals surface area contributed by atoms with Gasteiger partial charge in [0.05, 0.1) is 17.3 Å². The largest absolute Gasteiger partial charge is 0.471 e. The fraction of sp³-hybridized carbons (Fsp3) is 0.543. The molecule has 2 aromatic rings.